The maximum Gasteiger partial charge on any atom is 0.238 e. The topological polar surface area (TPSA) is 65.1 Å². The van der Waals surface area contributed by atoms with Gasteiger partial charge in [-0.3, -0.25) is 19.4 Å². The highest BCUT2D eigenvalue weighted by Crippen LogP contribution is 2.21. The Bertz CT molecular complexity index is 946. The van der Waals surface area contributed by atoms with Crippen molar-refractivity contribution in [2.24, 2.45) is 0 Å². The number of likely N-dealkylation sites (N-methyl/N-ethyl adjacent to an activating group) is 1. The molecule has 33 heavy (non-hydrogen) atoms. The van der Waals surface area contributed by atoms with Crippen LogP contribution >= 0.6 is 11.6 Å². The summed E-state index contributed by atoms with van der Waals surface area (Å²) in [7, 11) is 1.57. The second kappa shape index (κ2) is 12.0. The Balaban J connectivity index is 1.46. The van der Waals surface area contributed by atoms with Gasteiger partial charge in [0.05, 0.1) is 20.2 Å². The first kappa shape index (κ1) is 25.0. The molecule has 9 heteroatoms. The first-order valence-corrected chi connectivity index (χ1v) is 11.4. The Morgan fingerprint density at radius 1 is 1.12 bits per heavy atom. The van der Waals surface area contributed by atoms with Gasteiger partial charge in [0.15, 0.2) is 0 Å². The molecule has 1 saturated heterocycles. The summed E-state index contributed by atoms with van der Waals surface area (Å²) in [6, 6.07) is 11.8. The van der Waals surface area contributed by atoms with Crippen LogP contribution in [0.2, 0.25) is 5.02 Å². The molecule has 0 aliphatic carbocycles. The molecule has 0 radical (unpaired) electrons. The summed E-state index contributed by atoms with van der Waals surface area (Å²) in [6.07, 6.45) is 0. The van der Waals surface area contributed by atoms with Gasteiger partial charge in [0, 0.05) is 55.1 Å². The minimum Gasteiger partial charge on any atom is -0.497 e. The van der Waals surface area contributed by atoms with E-state index in [0.717, 1.165) is 0 Å². The standard InChI is InChI=1S/C24H30ClFN4O3/c1-3-28(16-23(31)27-18-6-4-7-19(14-18)33-2)17-24(32)30-12-10-29(11-13-30)15-20-21(25)8-5-9-22(20)26/h4-9,14H,3,10-13,15-17H2,1-2H3,(H,27,31). The predicted octanol–water partition coefficient (Wildman–Crippen LogP) is 3.09. The van der Waals surface area contributed by atoms with E-state index >= 15 is 0 Å². The van der Waals surface area contributed by atoms with Crippen LogP contribution in [-0.2, 0) is 16.1 Å². The molecule has 2 amide bonds. The van der Waals surface area contributed by atoms with E-state index in [1.807, 2.05) is 11.8 Å². The molecule has 0 bridgehead atoms. The third-order valence-electron chi connectivity index (χ3n) is 5.70. The fourth-order valence-electron chi connectivity index (χ4n) is 3.74. The first-order valence-electron chi connectivity index (χ1n) is 11.0. The molecule has 2 aromatic carbocycles. The van der Waals surface area contributed by atoms with Gasteiger partial charge < -0.3 is 15.0 Å². The van der Waals surface area contributed by atoms with Gasteiger partial charge in [-0.25, -0.2) is 4.39 Å². The smallest absolute Gasteiger partial charge is 0.238 e. The zero-order valence-electron chi connectivity index (χ0n) is 19.0. The van der Waals surface area contributed by atoms with Crippen molar-refractivity contribution in [1.29, 1.82) is 0 Å². The van der Waals surface area contributed by atoms with Crippen LogP contribution in [0.5, 0.6) is 5.75 Å². The Kier molecular flexibility index (Phi) is 9.05. The average molecular weight is 477 g/mol. The Morgan fingerprint density at radius 3 is 2.52 bits per heavy atom. The second-order valence-corrected chi connectivity index (χ2v) is 8.35. The van der Waals surface area contributed by atoms with E-state index in [-0.39, 0.29) is 30.7 Å². The molecule has 1 aliphatic rings. The number of nitrogens with zero attached hydrogens (tertiary/aromatic N) is 3. The average Bonchev–Trinajstić information content (AvgIpc) is 2.81. The number of hydrogen-bond donors (Lipinski definition) is 1. The van der Waals surface area contributed by atoms with Crippen molar-refractivity contribution in [2.45, 2.75) is 13.5 Å². The van der Waals surface area contributed by atoms with Crippen molar-refractivity contribution >= 4 is 29.1 Å². The van der Waals surface area contributed by atoms with E-state index in [2.05, 4.69) is 10.2 Å². The number of hydrogen-bond acceptors (Lipinski definition) is 5. The van der Waals surface area contributed by atoms with Crippen molar-refractivity contribution in [3.05, 3.63) is 58.9 Å². The van der Waals surface area contributed by atoms with Crippen LogP contribution < -0.4 is 10.1 Å². The van der Waals surface area contributed by atoms with E-state index in [0.29, 0.717) is 61.3 Å². The summed E-state index contributed by atoms with van der Waals surface area (Å²) >= 11 is 6.13. The number of nitrogens with one attached hydrogen (secondary N) is 1. The zero-order valence-corrected chi connectivity index (χ0v) is 19.8. The lowest BCUT2D eigenvalue weighted by atomic mass is 10.2. The monoisotopic (exact) mass is 476 g/mol. The molecule has 0 aromatic heterocycles. The molecule has 1 fully saturated rings. The highest BCUT2D eigenvalue weighted by atomic mass is 35.5. The van der Waals surface area contributed by atoms with Crippen LogP contribution in [0.15, 0.2) is 42.5 Å². The molecule has 0 atom stereocenters. The quantitative estimate of drug-likeness (QED) is 0.602. The molecule has 3 rings (SSSR count). The van der Waals surface area contributed by atoms with Crippen LogP contribution in [0, 0.1) is 5.82 Å². The molecule has 7 nitrogen and oxygen atoms in total. The third kappa shape index (κ3) is 7.15. The van der Waals surface area contributed by atoms with Crippen LogP contribution in [0.25, 0.3) is 0 Å². The van der Waals surface area contributed by atoms with Gasteiger partial charge in [0.1, 0.15) is 11.6 Å². The molecular weight excluding hydrogens is 447 g/mol. The second-order valence-electron chi connectivity index (χ2n) is 7.94. The Morgan fingerprint density at radius 2 is 1.85 bits per heavy atom. The number of rotatable bonds is 9. The predicted molar refractivity (Wildman–Crippen MR) is 127 cm³/mol. The first-order chi connectivity index (χ1) is 15.9. The van der Waals surface area contributed by atoms with Gasteiger partial charge in [-0.05, 0) is 30.8 Å². The molecule has 1 heterocycles. The third-order valence-corrected chi connectivity index (χ3v) is 6.05. The number of carbonyl (C=O) groups is 2. The number of piperazine rings is 1. The number of halogens is 2. The molecule has 2 aromatic rings. The van der Waals surface area contributed by atoms with Crippen LogP contribution in [0.1, 0.15) is 12.5 Å². The molecule has 0 saturated carbocycles. The fourth-order valence-corrected chi connectivity index (χ4v) is 3.96. The number of anilines is 1. The van der Waals surface area contributed by atoms with Gasteiger partial charge in [-0.1, -0.05) is 30.7 Å². The Hall–Kier alpha value is -2.68. The van der Waals surface area contributed by atoms with Crippen LogP contribution in [0.4, 0.5) is 10.1 Å². The van der Waals surface area contributed by atoms with Gasteiger partial charge in [0.25, 0.3) is 0 Å². The van der Waals surface area contributed by atoms with E-state index in [1.54, 1.807) is 48.4 Å². The molecule has 0 unspecified atom stereocenters. The SMILES string of the molecule is CCN(CC(=O)Nc1cccc(OC)c1)CC(=O)N1CCN(Cc2c(F)cccc2Cl)CC1. The van der Waals surface area contributed by atoms with E-state index < -0.39 is 0 Å². The van der Waals surface area contributed by atoms with Crippen molar-refractivity contribution in [3.63, 3.8) is 0 Å². The van der Waals surface area contributed by atoms with Crippen molar-refractivity contribution in [2.75, 3.05) is 58.2 Å². The van der Waals surface area contributed by atoms with Crippen molar-refractivity contribution < 1.29 is 18.7 Å². The number of amides is 2. The maximum absolute atomic E-state index is 14.1. The minimum atomic E-state index is -0.313. The van der Waals surface area contributed by atoms with Crippen LogP contribution in [-0.4, -0.2) is 79.4 Å². The lowest BCUT2D eigenvalue weighted by Gasteiger charge is -2.35. The lowest BCUT2D eigenvalue weighted by Crippen LogP contribution is -2.51. The summed E-state index contributed by atoms with van der Waals surface area (Å²) < 4.78 is 19.2. The number of carbonyl (C=O) groups excluding carboxylic acids is 2. The zero-order chi connectivity index (χ0) is 23.8. The molecule has 178 valence electrons. The fraction of sp³-hybridized carbons (Fsp3) is 0.417. The molecule has 1 aliphatic heterocycles. The van der Waals surface area contributed by atoms with Crippen molar-refractivity contribution in [3.8, 4) is 5.75 Å². The van der Waals surface area contributed by atoms with Gasteiger partial charge in [-0.15, -0.1) is 0 Å². The summed E-state index contributed by atoms with van der Waals surface area (Å²) in [5.74, 6) is 0.137. The van der Waals surface area contributed by atoms with E-state index in [1.165, 1.54) is 6.07 Å². The summed E-state index contributed by atoms with van der Waals surface area (Å²) in [5.41, 5.74) is 1.13. The van der Waals surface area contributed by atoms with Crippen LogP contribution in [0.3, 0.4) is 0 Å². The normalized spacial score (nSPS) is 14.4. The van der Waals surface area contributed by atoms with E-state index in [4.69, 9.17) is 16.3 Å². The van der Waals surface area contributed by atoms with Gasteiger partial charge in [-0.2, -0.15) is 0 Å². The highest BCUT2D eigenvalue weighted by Gasteiger charge is 2.24. The summed E-state index contributed by atoms with van der Waals surface area (Å²) in [5, 5.41) is 3.25. The van der Waals surface area contributed by atoms with Gasteiger partial charge >= 0.3 is 0 Å². The highest BCUT2D eigenvalue weighted by molar-refractivity contribution is 6.31. The van der Waals surface area contributed by atoms with Gasteiger partial charge in [0.2, 0.25) is 11.8 Å². The molecule has 1 N–H and O–H groups in total. The van der Waals surface area contributed by atoms with E-state index in [9.17, 15) is 14.0 Å². The maximum atomic E-state index is 14.1. The number of benzene rings is 2. The largest absolute Gasteiger partial charge is 0.497 e. The number of methoxy groups -OCH3 is 1. The summed E-state index contributed by atoms with van der Waals surface area (Å²) in [6.45, 7) is 5.57. The Labute approximate surface area is 199 Å². The van der Waals surface area contributed by atoms with Crippen molar-refractivity contribution in [1.82, 2.24) is 14.7 Å². The lowest BCUT2D eigenvalue weighted by molar-refractivity contribution is -0.134. The summed E-state index contributed by atoms with van der Waals surface area (Å²) in [4.78, 5) is 30.9. The molecule has 0 spiro atoms. The minimum absolute atomic E-state index is 0.0189. The molecular formula is C24H30ClFN4O3. The number of ether oxygens (including phenoxy) is 1.